The molecule has 0 aliphatic rings. The molecular weight excluding hydrogens is 296 g/mol. The molecule has 1 aromatic carbocycles. The predicted molar refractivity (Wildman–Crippen MR) is 78.6 cm³/mol. The summed E-state index contributed by atoms with van der Waals surface area (Å²) in [5, 5.41) is 4.92. The van der Waals surface area contributed by atoms with Crippen LogP contribution in [0.1, 0.15) is 10.4 Å². The van der Waals surface area contributed by atoms with E-state index in [0.717, 1.165) is 4.88 Å². The summed E-state index contributed by atoms with van der Waals surface area (Å²) in [6, 6.07) is 6.29. The Morgan fingerprint density at radius 1 is 1.24 bits per heavy atom. The standard InChI is InChI=1S/C15H17F2NO2S/c1-19-5-4-18-9-11-7-13(16)15(14(17)8-11)20-10-12-3-2-6-21-12/h2-3,6-8,18H,4-5,9-10H2,1H3. The molecular formula is C15H17F2NO2S. The Balaban J connectivity index is 1.96. The second-order valence-corrected chi connectivity index (χ2v) is 5.46. The minimum absolute atomic E-state index is 0.164. The van der Waals surface area contributed by atoms with Crippen molar-refractivity contribution in [3.05, 3.63) is 51.7 Å². The molecule has 21 heavy (non-hydrogen) atoms. The van der Waals surface area contributed by atoms with Crippen LogP contribution in [0.2, 0.25) is 0 Å². The summed E-state index contributed by atoms with van der Waals surface area (Å²) in [4.78, 5) is 0.916. The molecule has 0 aliphatic heterocycles. The van der Waals surface area contributed by atoms with E-state index in [0.29, 0.717) is 25.3 Å². The monoisotopic (exact) mass is 313 g/mol. The van der Waals surface area contributed by atoms with Crippen LogP contribution < -0.4 is 10.1 Å². The van der Waals surface area contributed by atoms with Crippen molar-refractivity contribution in [3.8, 4) is 5.75 Å². The number of hydrogen-bond donors (Lipinski definition) is 1. The summed E-state index contributed by atoms with van der Waals surface area (Å²) in [7, 11) is 1.60. The first-order valence-corrected chi connectivity index (χ1v) is 7.41. The van der Waals surface area contributed by atoms with E-state index in [1.54, 1.807) is 7.11 Å². The van der Waals surface area contributed by atoms with Gasteiger partial charge in [-0.25, -0.2) is 8.78 Å². The molecule has 114 valence electrons. The maximum Gasteiger partial charge on any atom is 0.191 e. The van der Waals surface area contributed by atoms with Gasteiger partial charge in [-0.05, 0) is 29.1 Å². The number of hydrogen-bond acceptors (Lipinski definition) is 4. The first-order valence-electron chi connectivity index (χ1n) is 6.53. The van der Waals surface area contributed by atoms with E-state index in [1.807, 2.05) is 17.5 Å². The van der Waals surface area contributed by atoms with Crippen LogP contribution in [0.25, 0.3) is 0 Å². The van der Waals surface area contributed by atoms with Crippen molar-refractivity contribution in [3.63, 3.8) is 0 Å². The first-order chi connectivity index (χ1) is 10.2. The maximum absolute atomic E-state index is 13.9. The molecule has 0 fully saturated rings. The average molecular weight is 313 g/mol. The molecule has 0 amide bonds. The summed E-state index contributed by atoms with van der Waals surface area (Å²) in [5.74, 6) is -1.70. The SMILES string of the molecule is COCCNCc1cc(F)c(OCc2cccs2)c(F)c1. The lowest BCUT2D eigenvalue weighted by Gasteiger charge is -2.10. The average Bonchev–Trinajstić information content (AvgIpc) is 2.96. The van der Waals surface area contributed by atoms with Gasteiger partial charge in [-0.1, -0.05) is 6.07 Å². The van der Waals surface area contributed by atoms with Crippen LogP contribution in [0.15, 0.2) is 29.6 Å². The first kappa shape index (κ1) is 15.9. The molecule has 2 aromatic rings. The van der Waals surface area contributed by atoms with Gasteiger partial charge in [-0.2, -0.15) is 0 Å². The third-order valence-corrected chi connectivity index (χ3v) is 3.66. The van der Waals surface area contributed by atoms with E-state index in [4.69, 9.17) is 9.47 Å². The molecule has 0 radical (unpaired) electrons. The Kier molecular flexibility index (Phi) is 6.10. The summed E-state index contributed by atoms with van der Waals surface area (Å²) in [6.45, 7) is 1.71. The predicted octanol–water partition coefficient (Wildman–Crippen LogP) is 3.34. The topological polar surface area (TPSA) is 30.5 Å². The van der Waals surface area contributed by atoms with E-state index in [1.165, 1.54) is 23.5 Å². The highest BCUT2D eigenvalue weighted by Crippen LogP contribution is 2.25. The molecule has 6 heteroatoms. The highest BCUT2D eigenvalue weighted by Gasteiger charge is 2.13. The van der Waals surface area contributed by atoms with E-state index < -0.39 is 11.6 Å². The number of methoxy groups -OCH3 is 1. The van der Waals surface area contributed by atoms with E-state index >= 15 is 0 Å². The van der Waals surface area contributed by atoms with Gasteiger partial charge >= 0.3 is 0 Å². The van der Waals surface area contributed by atoms with E-state index in [-0.39, 0.29) is 12.4 Å². The Morgan fingerprint density at radius 3 is 2.62 bits per heavy atom. The van der Waals surface area contributed by atoms with Gasteiger partial charge < -0.3 is 14.8 Å². The summed E-state index contributed by atoms with van der Waals surface area (Å²) < 4.78 is 37.9. The van der Waals surface area contributed by atoms with Crippen LogP contribution in [0.4, 0.5) is 8.78 Å². The van der Waals surface area contributed by atoms with Gasteiger partial charge in [0.05, 0.1) is 6.61 Å². The molecule has 0 atom stereocenters. The summed E-state index contributed by atoms with van der Waals surface area (Å²) in [5.41, 5.74) is 0.532. The van der Waals surface area contributed by atoms with Gasteiger partial charge in [0, 0.05) is 25.1 Å². The molecule has 0 saturated heterocycles. The van der Waals surface area contributed by atoms with Crippen molar-refractivity contribution in [2.75, 3.05) is 20.3 Å². The number of rotatable bonds is 8. The molecule has 1 N–H and O–H groups in total. The van der Waals surface area contributed by atoms with E-state index in [2.05, 4.69) is 5.32 Å². The van der Waals surface area contributed by atoms with Gasteiger partial charge in [-0.3, -0.25) is 0 Å². The lowest BCUT2D eigenvalue weighted by Crippen LogP contribution is -2.18. The number of halogens is 2. The summed E-state index contributed by atoms with van der Waals surface area (Å²) >= 11 is 1.48. The molecule has 0 saturated carbocycles. The van der Waals surface area contributed by atoms with Crippen molar-refractivity contribution in [2.24, 2.45) is 0 Å². The van der Waals surface area contributed by atoms with Crippen LogP contribution in [-0.2, 0) is 17.9 Å². The molecule has 0 spiro atoms. The van der Waals surface area contributed by atoms with Crippen LogP contribution >= 0.6 is 11.3 Å². The number of benzene rings is 1. The largest absolute Gasteiger partial charge is 0.482 e. The van der Waals surface area contributed by atoms with Crippen molar-refractivity contribution in [1.29, 1.82) is 0 Å². The highest BCUT2D eigenvalue weighted by molar-refractivity contribution is 7.09. The zero-order valence-corrected chi connectivity index (χ0v) is 12.5. The fraction of sp³-hybridized carbons (Fsp3) is 0.333. The van der Waals surface area contributed by atoms with Gasteiger partial charge in [0.25, 0.3) is 0 Å². The van der Waals surface area contributed by atoms with Crippen LogP contribution in [-0.4, -0.2) is 20.3 Å². The molecule has 3 nitrogen and oxygen atoms in total. The Hall–Kier alpha value is -1.50. The maximum atomic E-state index is 13.9. The Bertz CT molecular complexity index is 538. The van der Waals surface area contributed by atoms with Gasteiger partial charge in [0.15, 0.2) is 17.4 Å². The van der Waals surface area contributed by atoms with Crippen LogP contribution in [0.3, 0.4) is 0 Å². The number of ether oxygens (including phenoxy) is 2. The third-order valence-electron chi connectivity index (χ3n) is 2.81. The van der Waals surface area contributed by atoms with Crippen molar-refractivity contribution in [2.45, 2.75) is 13.2 Å². The van der Waals surface area contributed by atoms with Gasteiger partial charge in [0.1, 0.15) is 6.61 Å². The normalized spacial score (nSPS) is 10.8. The molecule has 0 aliphatic carbocycles. The minimum Gasteiger partial charge on any atom is -0.482 e. The highest BCUT2D eigenvalue weighted by atomic mass is 32.1. The second-order valence-electron chi connectivity index (χ2n) is 4.43. The fourth-order valence-electron chi connectivity index (χ4n) is 1.80. The second kappa shape index (κ2) is 8.07. The summed E-state index contributed by atoms with van der Waals surface area (Å²) in [6.07, 6.45) is 0. The lowest BCUT2D eigenvalue weighted by atomic mass is 10.2. The van der Waals surface area contributed by atoms with Crippen LogP contribution in [0, 0.1) is 11.6 Å². The lowest BCUT2D eigenvalue weighted by molar-refractivity contribution is 0.199. The zero-order chi connectivity index (χ0) is 15.1. The van der Waals surface area contributed by atoms with Crippen molar-refractivity contribution in [1.82, 2.24) is 5.32 Å². The third kappa shape index (κ3) is 4.77. The quantitative estimate of drug-likeness (QED) is 0.758. The number of nitrogens with one attached hydrogen (secondary N) is 1. The molecule has 1 heterocycles. The molecule has 0 unspecified atom stereocenters. The Labute approximate surface area is 126 Å². The molecule has 2 rings (SSSR count). The zero-order valence-electron chi connectivity index (χ0n) is 11.7. The van der Waals surface area contributed by atoms with E-state index in [9.17, 15) is 8.78 Å². The van der Waals surface area contributed by atoms with Gasteiger partial charge in [0.2, 0.25) is 0 Å². The van der Waals surface area contributed by atoms with Crippen molar-refractivity contribution >= 4 is 11.3 Å². The molecule has 0 bridgehead atoms. The number of thiophene rings is 1. The van der Waals surface area contributed by atoms with Gasteiger partial charge in [-0.15, -0.1) is 11.3 Å². The smallest absolute Gasteiger partial charge is 0.191 e. The van der Waals surface area contributed by atoms with Crippen LogP contribution in [0.5, 0.6) is 5.75 Å². The molecule has 1 aromatic heterocycles. The Morgan fingerprint density at radius 2 is 2.00 bits per heavy atom. The fourth-order valence-corrected chi connectivity index (χ4v) is 2.41. The minimum atomic E-state index is -0.685. The van der Waals surface area contributed by atoms with Crippen molar-refractivity contribution < 1.29 is 18.3 Å².